The molecule has 0 radical (unpaired) electrons. The molecule has 0 heterocycles. The number of carbonyl (C=O) groups is 2. The highest BCUT2D eigenvalue weighted by Crippen LogP contribution is 2.13. The molecule has 19 heavy (non-hydrogen) atoms. The summed E-state index contributed by atoms with van der Waals surface area (Å²) in [6.45, 7) is 1.84. The Balaban J connectivity index is 2.59. The van der Waals surface area contributed by atoms with Crippen molar-refractivity contribution in [3.8, 4) is 0 Å². The van der Waals surface area contributed by atoms with Crippen molar-refractivity contribution in [3.05, 3.63) is 30.1 Å². The number of nitrogens with one attached hydrogen (secondary N) is 1. The molecule has 0 aromatic heterocycles. The van der Waals surface area contributed by atoms with Crippen LogP contribution < -0.4 is 5.32 Å². The van der Waals surface area contributed by atoms with Crippen molar-refractivity contribution in [2.24, 2.45) is 5.92 Å². The molecule has 5 nitrogen and oxygen atoms in total. The van der Waals surface area contributed by atoms with Gasteiger partial charge in [0, 0.05) is 13.6 Å². The van der Waals surface area contributed by atoms with Gasteiger partial charge in [0.15, 0.2) is 0 Å². The van der Waals surface area contributed by atoms with Crippen LogP contribution in [-0.4, -0.2) is 37.6 Å². The monoisotopic (exact) mass is 268 g/mol. The second-order valence-corrected chi connectivity index (χ2v) is 4.21. The molecule has 0 saturated carbocycles. The zero-order valence-corrected chi connectivity index (χ0v) is 11.1. The van der Waals surface area contributed by atoms with E-state index in [0.29, 0.717) is 0 Å². The van der Waals surface area contributed by atoms with Crippen molar-refractivity contribution in [2.75, 3.05) is 26.0 Å². The standard InChI is InChI=1S/C13H17FN2O3/c1-9(12(17)19-3)8-16(2)13(18)15-11-7-5-4-6-10(11)14/h4-7,9H,8H2,1-3H3,(H,15,18). The number of hydrogen-bond donors (Lipinski definition) is 1. The fraction of sp³-hybridized carbons (Fsp3) is 0.385. The minimum Gasteiger partial charge on any atom is -0.469 e. The van der Waals surface area contributed by atoms with Crippen LogP contribution in [-0.2, 0) is 9.53 Å². The van der Waals surface area contributed by atoms with Crippen LogP contribution in [0.3, 0.4) is 0 Å². The summed E-state index contributed by atoms with van der Waals surface area (Å²) in [7, 11) is 2.81. The first-order valence-corrected chi connectivity index (χ1v) is 5.80. The third-order valence-corrected chi connectivity index (χ3v) is 2.61. The summed E-state index contributed by atoms with van der Waals surface area (Å²) in [5, 5.41) is 2.43. The molecule has 1 unspecified atom stereocenters. The number of benzene rings is 1. The summed E-state index contributed by atoms with van der Waals surface area (Å²) >= 11 is 0. The fourth-order valence-corrected chi connectivity index (χ4v) is 1.54. The van der Waals surface area contributed by atoms with E-state index in [-0.39, 0.29) is 12.2 Å². The van der Waals surface area contributed by atoms with Gasteiger partial charge in [-0.3, -0.25) is 4.79 Å². The molecule has 1 aromatic rings. The molecule has 0 saturated heterocycles. The van der Waals surface area contributed by atoms with Gasteiger partial charge >= 0.3 is 12.0 Å². The maximum Gasteiger partial charge on any atom is 0.321 e. The molecule has 1 N–H and O–H groups in total. The van der Waals surface area contributed by atoms with E-state index in [4.69, 9.17) is 0 Å². The van der Waals surface area contributed by atoms with Gasteiger partial charge in [0.05, 0.1) is 18.7 Å². The molecule has 0 spiro atoms. The van der Waals surface area contributed by atoms with Crippen molar-refractivity contribution in [2.45, 2.75) is 6.92 Å². The number of rotatable bonds is 4. The van der Waals surface area contributed by atoms with Crippen molar-refractivity contribution >= 4 is 17.7 Å². The van der Waals surface area contributed by atoms with Gasteiger partial charge in [-0.05, 0) is 12.1 Å². The summed E-state index contributed by atoms with van der Waals surface area (Å²) < 4.78 is 17.9. The van der Waals surface area contributed by atoms with Gasteiger partial charge in [-0.2, -0.15) is 0 Å². The van der Waals surface area contributed by atoms with Gasteiger partial charge in [0.1, 0.15) is 5.82 Å². The van der Waals surface area contributed by atoms with E-state index in [2.05, 4.69) is 10.1 Å². The number of esters is 1. The molecule has 0 bridgehead atoms. The van der Waals surface area contributed by atoms with Crippen LogP contribution in [0.1, 0.15) is 6.92 Å². The summed E-state index contributed by atoms with van der Waals surface area (Å²) in [6, 6.07) is 5.39. The lowest BCUT2D eigenvalue weighted by molar-refractivity contribution is -0.145. The van der Waals surface area contributed by atoms with Crippen molar-refractivity contribution in [1.82, 2.24) is 4.90 Å². The number of para-hydroxylation sites is 1. The normalized spacial score (nSPS) is 11.6. The van der Waals surface area contributed by atoms with Gasteiger partial charge in [-0.1, -0.05) is 19.1 Å². The van der Waals surface area contributed by atoms with Crippen molar-refractivity contribution in [3.63, 3.8) is 0 Å². The van der Waals surface area contributed by atoms with E-state index >= 15 is 0 Å². The van der Waals surface area contributed by atoms with Crippen LogP contribution in [0.15, 0.2) is 24.3 Å². The molecule has 1 atom stereocenters. The van der Waals surface area contributed by atoms with Crippen LogP contribution in [0.4, 0.5) is 14.9 Å². The van der Waals surface area contributed by atoms with Crippen molar-refractivity contribution < 1.29 is 18.7 Å². The Kier molecular flexibility index (Phi) is 5.29. The second kappa shape index (κ2) is 6.72. The van der Waals surface area contributed by atoms with Crippen LogP contribution in [0.2, 0.25) is 0 Å². The Labute approximate surface area is 111 Å². The average Bonchev–Trinajstić information content (AvgIpc) is 2.40. The average molecular weight is 268 g/mol. The van der Waals surface area contributed by atoms with E-state index in [9.17, 15) is 14.0 Å². The number of amides is 2. The third-order valence-electron chi connectivity index (χ3n) is 2.61. The number of urea groups is 1. The molecule has 2 amide bonds. The van der Waals surface area contributed by atoms with E-state index in [0.717, 1.165) is 0 Å². The lowest BCUT2D eigenvalue weighted by Crippen LogP contribution is -2.37. The first-order valence-electron chi connectivity index (χ1n) is 5.80. The minimum absolute atomic E-state index is 0.102. The lowest BCUT2D eigenvalue weighted by Gasteiger charge is -2.20. The molecule has 0 aliphatic rings. The van der Waals surface area contributed by atoms with Gasteiger partial charge < -0.3 is 15.0 Å². The Morgan fingerprint density at radius 2 is 2.05 bits per heavy atom. The summed E-state index contributed by atoms with van der Waals surface area (Å²) in [4.78, 5) is 24.3. The molecular formula is C13H17FN2O3. The number of anilines is 1. The van der Waals surface area contributed by atoms with Gasteiger partial charge in [-0.15, -0.1) is 0 Å². The largest absolute Gasteiger partial charge is 0.469 e. The first-order chi connectivity index (χ1) is 8.95. The Morgan fingerprint density at radius 3 is 2.63 bits per heavy atom. The van der Waals surface area contributed by atoms with Crippen molar-refractivity contribution in [1.29, 1.82) is 0 Å². The lowest BCUT2D eigenvalue weighted by atomic mass is 10.2. The molecule has 104 valence electrons. The SMILES string of the molecule is COC(=O)C(C)CN(C)C(=O)Nc1ccccc1F. The maximum atomic E-state index is 13.4. The number of ether oxygens (including phenoxy) is 1. The van der Waals surface area contributed by atoms with E-state index < -0.39 is 23.7 Å². The molecule has 6 heteroatoms. The number of halogens is 1. The smallest absolute Gasteiger partial charge is 0.321 e. The topological polar surface area (TPSA) is 58.6 Å². The second-order valence-electron chi connectivity index (χ2n) is 4.21. The number of methoxy groups -OCH3 is 1. The molecular weight excluding hydrogens is 251 g/mol. The molecule has 0 aliphatic carbocycles. The fourth-order valence-electron chi connectivity index (χ4n) is 1.54. The minimum atomic E-state index is -0.509. The first kappa shape index (κ1) is 14.9. The summed E-state index contributed by atoms with van der Waals surface area (Å²) in [5.41, 5.74) is 0.102. The van der Waals surface area contributed by atoms with Gasteiger partial charge in [0.25, 0.3) is 0 Å². The van der Waals surface area contributed by atoms with Crippen LogP contribution >= 0.6 is 0 Å². The quantitative estimate of drug-likeness (QED) is 0.851. The van der Waals surface area contributed by atoms with Crippen LogP contribution in [0, 0.1) is 11.7 Å². The highest BCUT2D eigenvalue weighted by Gasteiger charge is 2.19. The Morgan fingerprint density at radius 1 is 1.42 bits per heavy atom. The summed E-state index contributed by atoms with van der Waals surface area (Å²) in [5.74, 6) is -1.35. The number of carbonyl (C=O) groups excluding carboxylic acids is 2. The van der Waals surface area contributed by atoms with Gasteiger partial charge in [-0.25, -0.2) is 9.18 Å². The highest BCUT2D eigenvalue weighted by molar-refractivity contribution is 5.89. The van der Waals surface area contributed by atoms with E-state index in [1.807, 2.05) is 0 Å². The highest BCUT2D eigenvalue weighted by atomic mass is 19.1. The number of hydrogen-bond acceptors (Lipinski definition) is 3. The zero-order chi connectivity index (χ0) is 14.4. The van der Waals surface area contributed by atoms with Gasteiger partial charge in [0.2, 0.25) is 0 Å². The molecule has 0 aliphatic heterocycles. The molecule has 1 aromatic carbocycles. The maximum absolute atomic E-state index is 13.4. The van der Waals surface area contributed by atoms with E-state index in [1.54, 1.807) is 13.0 Å². The van der Waals surface area contributed by atoms with E-state index in [1.165, 1.54) is 37.3 Å². The third kappa shape index (κ3) is 4.24. The Bertz CT molecular complexity index is 465. The zero-order valence-electron chi connectivity index (χ0n) is 11.1. The van der Waals surface area contributed by atoms with Crippen LogP contribution in [0.5, 0.6) is 0 Å². The predicted octanol–water partition coefficient (Wildman–Crippen LogP) is 2.10. The predicted molar refractivity (Wildman–Crippen MR) is 69.2 cm³/mol. The Hall–Kier alpha value is -2.11. The van der Waals surface area contributed by atoms with Crippen LogP contribution in [0.25, 0.3) is 0 Å². The molecule has 0 fully saturated rings. The number of nitrogens with zero attached hydrogens (tertiary/aromatic N) is 1. The summed E-state index contributed by atoms with van der Waals surface area (Å²) in [6.07, 6.45) is 0. The molecule has 1 rings (SSSR count).